The number of halogens is 2. The molecule has 1 fully saturated rings. The second-order valence-electron chi connectivity index (χ2n) is 7.91. The van der Waals surface area contributed by atoms with Crippen molar-refractivity contribution in [3.8, 4) is 0 Å². The molecule has 1 aliphatic rings. The van der Waals surface area contributed by atoms with Gasteiger partial charge in [0.2, 0.25) is 7.28 Å². The molecule has 7 heteroatoms. The van der Waals surface area contributed by atoms with E-state index in [2.05, 4.69) is 28.6 Å². The first-order chi connectivity index (χ1) is 15.2. The molecule has 0 radical (unpaired) electrons. The first-order valence-electron chi connectivity index (χ1n) is 10.9. The maximum atomic E-state index is 6.58. The van der Waals surface area contributed by atoms with E-state index in [1.165, 1.54) is 0 Å². The molecule has 4 nitrogen and oxygen atoms in total. The van der Waals surface area contributed by atoms with E-state index in [1.54, 1.807) is 0 Å². The number of hydrogen-bond acceptors (Lipinski definition) is 3. The highest BCUT2D eigenvalue weighted by Gasteiger charge is 2.27. The zero-order valence-corrected chi connectivity index (χ0v) is 19.2. The summed E-state index contributed by atoms with van der Waals surface area (Å²) in [5, 5.41) is 1.52. The summed E-state index contributed by atoms with van der Waals surface area (Å²) in [4.78, 5) is 4.65. The summed E-state index contributed by atoms with van der Waals surface area (Å²) in [6.45, 7) is 4.36. The summed E-state index contributed by atoms with van der Waals surface area (Å²) >= 11 is 13.2. The normalized spacial score (nSPS) is 15.5. The second kappa shape index (κ2) is 10.7. The predicted molar refractivity (Wildman–Crippen MR) is 128 cm³/mol. The molecule has 31 heavy (non-hydrogen) atoms. The van der Waals surface area contributed by atoms with Crippen molar-refractivity contribution < 1.29 is 9.47 Å². The van der Waals surface area contributed by atoms with Crippen LogP contribution < -0.4 is 5.72 Å². The van der Waals surface area contributed by atoms with Crippen molar-refractivity contribution in [2.75, 3.05) is 13.2 Å². The fraction of sp³-hybridized carbons (Fsp3) is 0.375. The van der Waals surface area contributed by atoms with Gasteiger partial charge in [-0.1, -0.05) is 72.8 Å². The molecule has 2 aromatic carbocycles. The Labute approximate surface area is 194 Å². The quantitative estimate of drug-likeness (QED) is 0.429. The number of benzene rings is 2. The van der Waals surface area contributed by atoms with Gasteiger partial charge in [0.15, 0.2) is 6.29 Å². The van der Waals surface area contributed by atoms with Gasteiger partial charge in [-0.3, -0.25) is 4.98 Å². The highest BCUT2D eigenvalue weighted by Crippen LogP contribution is 2.36. The molecule has 0 amide bonds. The molecule has 1 saturated heterocycles. The van der Waals surface area contributed by atoms with Crippen LogP contribution in [-0.4, -0.2) is 36.3 Å². The molecule has 2 heterocycles. The average molecular weight is 457 g/mol. The SMILES string of the molecule is CCC(Cn1ccnc1BCC(c1ccccc1Cl)c1ccccc1Cl)C1OCCO1. The van der Waals surface area contributed by atoms with Crippen LogP contribution in [0.15, 0.2) is 60.9 Å². The predicted octanol–water partition coefficient (Wildman–Crippen LogP) is 4.90. The van der Waals surface area contributed by atoms with Gasteiger partial charge in [0.25, 0.3) is 0 Å². The first-order valence-corrected chi connectivity index (χ1v) is 11.6. The summed E-state index contributed by atoms with van der Waals surface area (Å²) in [7, 11) is 0.816. The van der Waals surface area contributed by atoms with Crippen LogP contribution in [0, 0.1) is 5.92 Å². The monoisotopic (exact) mass is 456 g/mol. The minimum absolute atomic E-state index is 0.0935. The molecular weight excluding hydrogens is 430 g/mol. The smallest absolute Gasteiger partial charge is 0.205 e. The van der Waals surface area contributed by atoms with Crippen LogP contribution in [0.25, 0.3) is 0 Å². The van der Waals surface area contributed by atoms with E-state index in [0.717, 1.165) is 53.5 Å². The van der Waals surface area contributed by atoms with E-state index >= 15 is 0 Å². The molecule has 0 bridgehead atoms. The number of imidazole rings is 1. The van der Waals surface area contributed by atoms with Gasteiger partial charge < -0.3 is 14.0 Å². The van der Waals surface area contributed by atoms with Crippen LogP contribution in [0.3, 0.4) is 0 Å². The standard InChI is InChI=1S/C24H27BCl2N2O2/c1-2-17(23-30-13-14-31-23)16-29-12-11-28-24(29)25-15-20(18-7-3-5-9-21(18)26)19-8-4-6-10-22(19)27/h3-12,17,20,23,25H,2,13-16H2,1H3. The van der Waals surface area contributed by atoms with Crippen molar-refractivity contribution in [2.24, 2.45) is 5.92 Å². The Kier molecular flexibility index (Phi) is 7.73. The summed E-state index contributed by atoms with van der Waals surface area (Å²) < 4.78 is 13.7. The topological polar surface area (TPSA) is 36.3 Å². The molecule has 0 aliphatic carbocycles. The molecule has 1 unspecified atom stereocenters. The van der Waals surface area contributed by atoms with Gasteiger partial charge in [-0.05, 0) is 29.7 Å². The van der Waals surface area contributed by atoms with Gasteiger partial charge in [0.1, 0.15) is 0 Å². The van der Waals surface area contributed by atoms with E-state index in [9.17, 15) is 0 Å². The lowest BCUT2D eigenvalue weighted by molar-refractivity contribution is -0.0882. The zero-order chi connectivity index (χ0) is 21.6. The van der Waals surface area contributed by atoms with Crippen LogP contribution in [0.2, 0.25) is 16.4 Å². The number of ether oxygens (including phenoxy) is 2. The highest BCUT2D eigenvalue weighted by atomic mass is 35.5. The molecule has 1 aliphatic heterocycles. The van der Waals surface area contributed by atoms with E-state index in [1.807, 2.05) is 48.8 Å². The molecule has 0 N–H and O–H groups in total. The summed E-state index contributed by atoms with van der Waals surface area (Å²) in [5.74, 6) is 0.398. The molecule has 4 rings (SSSR count). The Bertz CT molecular complexity index is 945. The number of aromatic nitrogens is 2. The lowest BCUT2D eigenvalue weighted by Gasteiger charge is -2.23. The number of nitrogens with zero attached hydrogens (tertiary/aromatic N) is 2. The molecular formula is C24H27BCl2N2O2. The lowest BCUT2D eigenvalue weighted by atomic mass is 9.65. The largest absolute Gasteiger partial charge is 0.350 e. The lowest BCUT2D eigenvalue weighted by Crippen LogP contribution is -2.33. The Balaban J connectivity index is 1.54. The molecule has 3 aromatic rings. The molecule has 0 spiro atoms. The fourth-order valence-electron chi connectivity index (χ4n) is 4.31. The van der Waals surface area contributed by atoms with E-state index < -0.39 is 0 Å². The first kappa shape index (κ1) is 22.4. The van der Waals surface area contributed by atoms with Crippen molar-refractivity contribution in [3.05, 3.63) is 82.1 Å². The number of rotatable bonds is 9. The van der Waals surface area contributed by atoms with Gasteiger partial charge in [0.05, 0.1) is 18.9 Å². The van der Waals surface area contributed by atoms with Crippen LogP contribution in [0.1, 0.15) is 30.4 Å². The second-order valence-corrected chi connectivity index (χ2v) is 8.72. The Hall–Kier alpha value is -1.79. The van der Waals surface area contributed by atoms with Crippen LogP contribution in [0.4, 0.5) is 0 Å². The summed E-state index contributed by atoms with van der Waals surface area (Å²) in [6.07, 6.45) is 5.65. The maximum Gasteiger partial charge on any atom is 0.205 e. The third kappa shape index (κ3) is 5.35. The molecule has 1 aromatic heterocycles. The Morgan fingerprint density at radius 2 is 1.65 bits per heavy atom. The maximum absolute atomic E-state index is 6.58. The zero-order valence-electron chi connectivity index (χ0n) is 17.7. The van der Waals surface area contributed by atoms with E-state index in [-0.39, 0.29) is 12.2 Å². The van der Waals surface area contributed by atoms with Gasteiger partial charge in [-0.15, -0.1) is 0 Å². The van der Waals surface area contributed by atoms with Crippen LogP contribution >= 0.6 is 23.2 Å². The third-order valence-corrected chi connectivity index (χ3v) is 6.70. The fourth-order valence-corrected chi connectivity index (χ4v) is 4.85. The van der Waals surface area contributed by atoms with Crippen LogP contribution in [-0.2, 0) is 16.0 Å². The summed E-state index contributed by atoms with van der Waals surface area (Å²) in [6, 6.07) is 16.0. The van der Waals surface area contributed by atoms with Crippen LogP contribution in [0.5, 0.6) is 0 Å². The Morgan fingerprint density at radius 1 is 1.03 bits per heavy atom. The van der Waals surface area contributed by atoms with Crippen molar-refractivity contribution in [1.82, 2.24) is 9.55 Å². The summed E-state index contributed by atoms with van der Waals surface area (Å²) in [5.41, 5.74) is 3.24. The van der Waals surface area contributed by atoms with Gasteiger partial charge in [0, 0.05) is 40.8 Å². The van der Waals surface area contributed by atoms with E-state index in [4.69, 9.17) is 32.7 Å². The van der Waals surface area contributed by atoms with Gasteiger partial charge in [-0.25, -0.2) is 0 Å². The highest BCUT2D eigenvalue weighted by molar-refractivity contribution is 6.51. The van der Waals surface area contributed by atoms with Crippen molar-refractivity contribution in [3.63, 3.8) is 0 Å². The van der Waals surface area contributed by atoms with E-state index in [0.29, 0.717) is 19.1 Å². The number of hydrogen-bond donors (Lipinski definition) is 0. The average Bonchev–Trinajstić information content (AvgIpc) is 3.46. The molecule has 162 valence electrons. The molecule has 0 saturated carbocycles. The van der Waals surface area contributed by atoms with Crippen molar-refractivity contribution >= 4 is 36.2 Å². The minimum atomic E-state index is -0.126. The van der Waals surface area contributed by atoms with Crippen molar-refractivity contribution in [2.45, 2.75) is 38.4 Å². The third-order valence-electron chi connectivity index (χ3n) is 6.01. The van der Waals surface area contributed by atoms with Crippen molar-refractivity contribution in [1.29, 1.82) is 0 Å². The molecule has 1 atom stereocenters. The minimum Gasteiger partial charge on any atom is -0.350 e. The van der Waals surface area contributed by atoms with Gasteiger partial charge >= 0.3 is 0 Å². The van der Waals surface area contributed by atoms with Gasteiger partial charge in [-0.2, -0.15) is 0 Å². The Morgan fingerprint density at radius 3 is 2.23 bits per heavy atom.